The molecule has 0 spiro atoms. The Morgan fingerprint density at radius 3 is 2.71 bits per heavy atom. The second kappa shape index (κ2) is 4.50. The van der Waals surface area contributed by atoms with Gasteiger partial charge in [0, 0.05) is 6.54 Å². The highest BCUT2D eigenvalue weighted by Gasteiger charge is 2.19. The Labute approximate surface area is 86.9 Å². The SMILES string of the molecule is COc1c(Cl)ccc(O)c1C(O)CN. The van der Waals surface area contributed by atoms with E-state index in [4.69, 9.17) is 22.1 Å². The quantitative estimate of drug-likeness (QED) is 0.707. The predicted octanol–water partition coefficient (Wildman–Crippen LogP) is 1.05. The molecule has 1 aromatic rings. The molecule has 4 nitrogen and oxygen atoms in total. The summed E-state index contributed by atoms with van der Waals surface area (Å²) in [6.07, 6.45) is -0.983. The predicted molar refractivity (Wildman–Crippen MR) is 53.7 cm³/mol. The summed E-state index contributed by atoms with van der Waals surface area (Å²) in [5, 5.41) is 19.3. The van der Waals surface area contributed by atoms with E-state index in [1.807, 2.05) is 0 Å². The van der Waals surface area contributed by atoms with Crippen LogP contribution >= 0.6 is 11.6 Å². The summed E-state index contributed by atoms with van der Waals surface area (Å²) in [5.74, 6) is 0.175. The van der Waals surface area contributed by atoms with E-state index in [-0.39, 0.29) is 23.6 Å². The van der Waals surface area contributed by atoms with Crippen molar-refractivity contribution in [3.8, 4) is 11.5 Å². The summed E-state index contributed by atoms with van der Waals surface area (Å²) in [6, 6.07) is 2.88. The molecule has 0 aliphatic rings. The smallest absolute Gasteiger partial charge is 0.147 e. The van der Waals surface area contributed by atoms with Gasteiger partial charge in [-0.15, -0.1) is 0 Å². The first-order valence-electron chi connectivity index (χ1n) is 4.05. The molecule has 78 valence electrons. The van der Waals surface area contributed by atoms with Crippen molar-refractivity contribution in [2.45, 2.75) is 6.10 Å². The van der Waals surface area contributed by atoms with E-state index in [1.54, 1.807) is 0 Å². The fourth-order valence-corrected chi connectivity index (χ4v) is 1.45. The van der Waals surface area contributed by atoms with Crippen LogP contribution in [0.4, 0.5) is 0 Å². The lowest BCUT2D eigenvalue weighted by Crippen LogP contribution is -2.12. The van der Waals surface area contributed by atoms with E-state index in [9.17, 15) is 10.2 Å². The van der Waals surface area contributed by atoms with Crippen molar-refractivity contribution >= 4 is 11.6 Å². The standard InChI is InChI=1S/C9H12ClNO3/c1-14-9-5(10)2-3-6(12)8(9)7(13)4-11/h2-3,7,12-13H,4,11H2,1H3. The molecule has 0 aromatic heterocycles. The van der Waals surface area contributed by atoms with Crippen molar-refractivity contribution in [3.05, 3.63) is 22.7 Å². The van der Waals surface area contributed by atoms with Gasteiger partial charge in [-0.1, -0.05) is 11.6 Å². The summed E-state index contributed by atoms with van der Waals surface area (Å²) in [6.45, 7) is -0.00966. The van der Waals surface area contributed by atoms with Crippen molar-refractivity contribution in [1.82, 2.24) is 0 Å². The average Bonchev–Trinajstić information content (AvgIpc) is 2.19. The van der Waals surface area contributed by atoms with Crippen LogP contribution in [0, 0.1) is 0 Å². The largest absolute Gasteiger partial charge is 0.507 e. The Morgan fingerprint density at radius 1 is 1.57 bits per heavy atom. The Kier molecular flexibility index (Phi) is 3.57. The Balaban J connectivity index is 3.29. The van der Waals surface area contributed by atoms with Gasteiger partial charge in [-0.05, 0) is 12.1 Å². The number of nitrogens with two attached hydrogens (primary N) is 1. The molecule has 0 bridgehead atoms. The van der Waals surface area contributed by atoms with Gasteiger partial charge in [0.1, 0.15) is 11.5 Å². The highest BCUT2D eigenvalue weighted by molar-refractivity contribution is 6.32. The minimum Gasteiger partial charge on any atom is -0.507 e. The monoisotopic (exact) mass is 217 g/mol. The number of hydrogen-bond donors (Lipinski definition) is 3. The molecule has 4 N–H and O–H groups in total. The molecule has 0 aliphatic heterocycles. The van der Waals surface area contributed by atoms with Gasteiger partial charge < -0.3 is 20.7 Å². The topological polar surface area (TPSA) is 75.7 Å². The fraction of sp³-hybridized carbons (Fsp3) is 0.333. The number of aromatic hydroxyl groups is 1. The maximum absolute atomic E-state index is 9.52. The summed E-state index contributed by atoms with van der Waals surface area (Å²) >= 11 is 5.81. The number of hydrogen-bond acceptors (Lipinski definition) is 4. The highest BCUT2D eigenvalue weighted by atomic mass is 35.5. The van der Waals surface area contributed by atoms with Crippen LogP contribution in [0.5, 0.6) is 11.5 Å². The molecule has 0 amide bonds. The number of aliphatic hydroxyl groups is 1. The van der Waals surface area contributed by atoms with E-state index in [2.05, 4.69) is 0 Å². The number of halogens is 1. The van der Waals surface area contributed by atoms with Gasteiger partial charge in [-0.3, -0.25) is 0 Å². The van der Waals surface area contributed by atoms with Gasteiger partial charge in [0.15, 0.2) is 0 Å². The molecule has 0 saturated carbocycles. The molecular formula is C9H12ClNO3. The van der Waals surface area contributed by atoms with Crippen LogP contribution in [0.25, 0.3) is 0 Å². The number of ether oxygens (including phenoxy) is 1. The number of phenolic OH excluding ortho intramolecular Hbond substituents is 1. The first-order valence-corrected chi connectivity index (χ1v) is 4.43. The first-order chi connectivity index (χ1) is 6.61. The molecule has 1 rings (SSSR count). The van der Waals surface area contributed by atoms with Gasteiger partial charge in [0.05, 0.1) is 23.8 Å². The van der Waals surface area contributed by atoms with Gasteiger partial charge in [-0.25, -0.2) is 0 Å². The number of phenols is 1. The van der Waals surface area contributed by atoms with Crippen LogP contribution in [0.15, 0.2) is 12.1 Å². The van der Waals surface area contributed by atoms with Crippen molar-refractivity contribution in [2.75, 3.05) is 13.7 Å². The highest BCUT2D eigenvalue weighted by Crippen LogP contribution is 2.38. The van der Waals surface area contributed by atoms with Gasteiger partial charge in [0.2, 0.25) is 0 Å². The van der Waals surface area contributed by atoms with Crippen molar-refractivity contribution in [3.63, 3.8) is 0 Å². The molecular weight excluding hydrogens is 206 g/mol. The summed E-state index contributed by atoms with van der Waals surface area (Å²) in [4.78, 5) is 0. The van der Waals surface area contributed by atoms with Crippen LogP contribution in [0.1, 0.15) is 11.7 Å². The average molecular weight is 218 g/mol. The van der Waals surface area contributed by atoms with Crippen LogP contribution in [-0.4, -0.2) is 23.9 Å². The maximum Gasteiger partial charge on any atom is 0.147 e. The zero-order valence-corrected chi connectivity index (χ0v) is 8.45. The summed E-state index contributed by atoms with van der Waals surface area (Å²) in [7, 11) is 1.41. The Hall–Kier alpha value is -0.970. The number of benzene rings is 1. The number of aliphatic hydroxyl groups excluding tert-OH is 1. The zero-order valence-electron chi connectivity index (χ0n) is 7.70. The molecule has 1 aromatic carbocycles. The molecule has 0 heterocycles. The maximum atomic E-state index is 9.52. The van der Waals surface area contributed by atoms with E-state index < -0.39 is 6.10 Å². The molecule has 1 atom stereocenters. The Morgan fingerprint density at radius 2 is 2.21 bits per heavy atom. The number of methoxy groups -OCH3 is 1. The van der Waals surface area contributed by atoms with Gasteiger partial charge >= 0.3 is 0 Å². The van der Waals surface area contributed by atoms with E-state index >= 15 is 0 Å². The lowest BCUT2D eigenvalue weighted by Gasteiger charge is -2.15. The third-order valence-corrected chi connectivity index (χ3v) is 2.18. The van der Waals surface area contributed by atoms with Crippen LogP contribution in [0.3, 0.4) is 0 Å². The van der Waals surface area contributed by atoms with Crippen LogP contribution < -0.4 is 10.5 Å². The Bertz CT molecular complexity index is 330. The van der Waals surface area contributed by atoms with Crippen molar-refractivity contribution in [2.24, 2.45) is 5.73 Å². The molecule has 0 aliphatic carbocycles. The molecule has 0 saturated heterocycles. The second-order valence-corrected chi connectivity index (χ2v) is 3.17. The minimum atomic E-state index is -0.983. The lowest BCUT2D eigenvalue weighted by atomic mass is 10.1. The molecule has 0 fully saturated rings. The van der Waals surface area contributed by atoms with E-state index in [0.717, 1.165) is 0 Å². The lowest BCUT2D eigenvalue weighted by molar-refractivity contribution is 0.178. The summed E-state index contributed by atoms with van der Waals surface area (Å²) in [5.41, 5.74) is 5.51. The second-order valence-electron chi connectivity index (χ2n) is 2.76. The van der Waals surface area contributed by atoms with Gasteiger partial charge in [0.25, 0.3) is 0 Å². The molecule has 1 unspecified atom stereocenters. The van der Waals surface area contributed by atoms with Crippen molar-refractivity contribution in [1.29, 1.82) is 0 Å². The molecule has 5 heteroatoms. The first kappa shape index (κ1) is 11.1. The molecule has 0 radical (unpaired) electrons. The third-order valence-electron chi connectivity index (χ3n) is 1.89. The molecule has 14 heavy (non-hydrogen) atoms. The van der Waals surface area contributed by atoms with Gasteiger partial charge in [-0.2, -0.15) is 0 Å². The third kappa shape index (κ3) is 1.92. The van der Waals surface area contributed by atoms with Crippen LogP contribution in [-0.2, 0) is 0 Å². The van der Waals surface area contributed by atoms with E-state index in [1.165, 1.54) is 19.2 Å². The zero-order chi connectivity index (χ0) is 10.7. The minimum absolute atomic E-state index is 0.00966. The number of rotatable bonds is 3. The van der Waals surface area contributed by atoms with Crippen molar-refractivity contribution < 1.29 is 14.9 Å². The van der Waals surface area contributed by atoms with E-state index in [0.29, 0.717) is 5.02 Å². The summed E-state index contributed by atoms with van der Waals surface area (Å²) < 4.78 is 4.97. The fourth-order valence-electron chi connectivity index (χ4n) is 1.21. The normalized spacial score (nSPS) is 12.6. The van der Waals surface area contributed by atoms with Crippen LogP contribution in [0.2, 0.25) is 5.02 Å².